The summed E-state index contributed by atoms with van der Waals surface area (Å²) < 4.78 is 34.9. The van der Waals surface area contributed by atoms with E-state index >= 15 is 0 Å². The number of carbonyl (C=O) groups is 1. The monoisotopic (exact) mass is 564 g/mol. The maximum Gasteiger partial charge on any atom is 0.410 e. The number of hydrogen-bond acceptors (Lipinski definition) is 8. The lowest BCUT2D eigenvalue weighted by Crippen LogP contribution is -2.51. The van der Waals surface area contributed by atoms with Crippen LogP contribution in [0.4, 0.5) is 16.4 Å². The van der Waals surface area contributed by atoms with Gasteiger partial charge >= 0.3 is 6.09 Å². The van der Waals surface area contributed by atoms with Crippen molar-refractivity contribution >= 4 is 39.4 Å². The lowest BCUT2D eigenvalue weighted by atomic mass is 10.1. The number of likely N-dealkylation sites (tertiary alicyclic amines) is 2. The number of anilines is 2. The zero-order valence-electron chi connectivity index (χ0n) is 22.3. The molecule has 1 aromatic carbocycles. The highest BCUT2D eigenvalue weighted by Gasteiger charge is 2.36. The van der Waals surface area contributed by atoms with Gasteiger partial charge in [-0.15, -0.1) is 0 Å². The minimum absolute atomic E-state index is 0.195. The number of ether oxygens (including phenoxy) is 1. The topological polar surface area (TPSA) is 108 Å². The number of hydrogen-bond donors (Lipinski definition) is 1. The van der Waals surface area contributed by atoms with Crippen LogP contribution in [0.1, 0.15) is 46.5 Å². The SMILES string of the molecule is CC(C)(C)OC(=O)N1CCC(N(CCN2CCCC2)S(=O)(=O)c2ccc(Nc3nccc(Cl)n3)cc2)CC1. The summed E-state index contributed by atoms with van der Waals surface area (Å²) in [7, 11) is -3.76. The van der Waals surface area contributed by atoms with Crippen LogP contribution in [0.15, 0.2) is 41.4 Å². The van der Waals surface area contributed by atoms with E-state index < -0.39 is 15.6 Å². The predicted octanol–water partition coefficient (Wildman–Crippen LogP) is 4.36. The fourth-order valence-corrected chi connectivity index (χ4v) is 6.59. The number of rotatable bonds is 8. The zero-order valence-corrected chi connectivity index (χ0v) is 23.8. The first-order chi connectivity index (χ1) is 18.0. The number of amides is 1. The highest BCUT2D eigenvalue weighted by Crippen LogP contribution is 2.27. The van der Waals surface area contributed by atoms with Gasteiger partial charge < -0.3 is 19.9 Å². The van der Waals surface area contributed by atoms with E-state index in [4.69, 9.17) is 16.3 Å². The number of carbonyl (C=O) groups excluding carboxylic acids is 1. The molecule has 10 nitrogen and oxygen atoms in total. The molecule has 0 radical (unpaired) electrons. The molecule has 0 saturated carbocycles. The minimum Gasteiger partial charge on any atom is -0.444 e. The fraction of sp³-hybridized carbons (Fsp3) is 0.577. The van der Waals surface area contributed by atoms with Crippen LogP contribution in [0.5, 0.6) is 0 Å². The van der Waals surface area contributed by atoms with Crippen molar-refractivity contribution in [2.24, 2.45) is 0 Å². The molecule has 38 heavy (non-hydrogen) atoms. The summed E-state index contributed by atoms with van der Waals surface area (Å²) in [5.41, 5.74) is 0.0828. The van der Waals surface area contributed by atoms with E-state index in [1.807, 2.05) is 20.8 Å². The van der Waals surface area contributed by atoms with Gasteiger partial charge in [0.15, 0.2) is 0 Å². The summed E-state index contributed by atoms with van der Waals surface area (Å²) in [6.07, 6.45) is 4.60. The molecule has 0 bridgehead atoms. The molecule has 1 N–H and O–H groups in total. The standard InChI is InChI=1S/C26H37ClN6O4S/c1-26(2,3)37-25(34)32-16-11-21(12-17-32)33(19-18-31-14-4-5-15-31)38(35,36)22-8-6-20(7-9-22)29-24-28-13-10-23(27)30-24/h6-10,13,21H,4-5,11-12,14-19H2,1-3H3,(H,28,29,30). The molecule has 0 atom stereocenters. The van der Waals surface area contributed by atoms with Crippen LogP contribution in [-0.2, 0) is 14.8 Å². The third-order valence-electron chi connectivity index (χ3n) is 6.70. The molecular formula is C26H37ClN6O4S. The first-order valence-corrected chi connectivity index (χ1v) is 14.9. The van der Waals surface area contributed by atoms with Crippen LogP contribution in [-0.4, -0.2) is 89.5 Å². The molecule has 12 heteroatoms. The molecule has 2 saturated heterocycles. The van der Waals surface area contributed by atoms with Crippen LogP contribution in [0.25, 0.3) is 0 Å². The van der Waals surface area contributed by atoms with Crippen molar-refractivity contribution in [3.63, 3.8) is 0 Å². The molecule has 208 valence electrons. The molecule has 0 aliphatic carbocycles. The largest absolute Gasteiger partial charge is 0.444 e. The normalized spacial score (nSPS) is 17.7. The second-order valence-corrected chi connectivity index (χ2v) is 13.0. The van der Waals surface area contributed by atoms with Gasteiger partial charge in [-0.25, -0.2) is 23.2 Å². The van der Waals surface area contributed by atoms with Gasteiger partial charge in [-0.05, 0) is 89.9 Å². The molecule has 2 aliphatic heterocycles. The number of nitrogens with zero attached hydrogens (tertiary/aromatic N) is 5. The van der Waals surface area contributed by atoms with Gasteiger partial charge in [-0.2, -0.15) is 4.31 Å². The summed E-state index contributed by atoms with van der Waals surface area (Å²) >= 11 is 5.93. The molecule has 2 fully saturated rings. The molecule has 4 rings (SSSR count). The maximum absolute atomic E-state index is 13.9. The molecule has 2 aromatic rings. The van der Waals surface area contributed by atoms with Gasteiger partial charge in [0.25, 0.3) is 0 Å². The number of aromatic nitrogens is 2. The van der Waals surface area contributed by atoms with Crippen molar-refractivity contribution in [3.8, 4) is 0 Å². The van der Waals surface area contributed by atoms with E-state index in [0.717, 1.165) is 25.9 Å². The Morgan fingerprint density at radius 1 is 1.11 bits per heavy atom. The third-order valence-corrected chi connectivity index (χ3v) is 8.87. The van der Waals surface area contributed by atoms with Crippen molar-refractivity contribution in [2.75, 3.05) is 44.6 Å². The number of nitrogens with one attached hydrogen (secondary N) is 1. The fourth-order valence-electron chi connectivity index (χ4n) is 4.78. The van der Waals surface area contributed by atoms with Crippen molar-refractivity contribution in [3.05, 3.63) is 41.7 Å². The summed E-state index contributed by atoms with van der Waals surface area (Å²) in [6.45, 7) is 9.53. The molecule has 1 amide bonds. The van der Waals surface area contributed by atoms with Gasteiger partial charge in [0.05, 0.1) is 4.90 Å². The van der Waals surface area contributed by atoms with E-state index in [2.05, 4.69) is 20.2 Å². The first-order valence-electron chi connectivity index (χ1n) is 13.1. The average molecular weight is 565 g/mol. The van der Waals surface area contributed by atoms with Gasteiger partial charge in [0.1, 0.15) is 10.8 Å². The van der Waals surface area contributed by atoms with Gasteiger partial charge in [0.2, 0.25) is 16.0 Å². The van der Waals surface area contributed by atoms with Crippen LogP contribution in [0.3, 0.4) is 0 Å². The minimum atomic E-state index is -3.76. The highest BCUT2D eigenvalue weighted by atomic mass is 35.5. The number of halogens is 1. The first kappa shape index (κ1) is 28.5. The Labute approximate surface area is 230 Å². The molecule has 1 aromatic heterocycles. The van der Waals surface area contributed by atoms with Crippen molar-refractivity contribution in [1.82, 2.24) is 24.1 Å². The van der Waals surface area contributed by atoms with Gasteiger partial charge in [-0.1, -0.05) is 11.6 Å². The molecular weight excluding hydrogens is 528 g/mol. The lowest BCUT2D eigenvalue weighted by Gasteiger charge is -2.38. The number of piperidine rings is 1. The van der Waals surface area contributed by atoms with E-state index in [0.29, 0.717) is 55.8 Å². The molecule has 0 unspecified atom stereocenters. The van der Waals surface area contributed by atoms with E-state index in [9.17, 15) is 13.2 Å². The predicted molar refractivity (Wildman–Crippen MR) is 147 cm³/mol. The summed E-state index contributed by atoms with van der Waals surface area (Å²) in [4.78, 5) is 25.0. The van der Waals surface area contributed by atoms with E-state index in [1.165, 1.54) is 0 Å². The smallest absolute Gasteiger partial charge is 0.410 e. The Hall–Kier alpha value is -2.47. The Morgan fingerprint density at radius 2 is 1.76 bits per heavy atom. The number of sulfonamides is 1. The second-order valence-electron chi connectivity index (χ2n) is 10.7. The van der Waals surface area contributed by atoms with Crippen molar-refractivity contribution < 1.29 is 17.9 Å². The summed E-state index contributed by atoms with van der Waals surface area (Å²) in [6, 6.07) is 7.97. The Kier molecular flexibility index (Phi) is 9.12. The van der Waals surface area contributed by atoms with Gasteiger partial charge in [-0.3, -0.25) is 0 Å². The molecule has 2 aliphatic rings. The van der Waals surface area contributed by atoms with Crippen molar-refractivity contribution in [1.29, 1.82) is 0 Å². The van der Waals surface area contributed by atoms with Crippen LogP contribution < -0.4 is 5.32 Å². The zero-order chi connectivity index (χ0) is 27.3. The van der Waals surface area contributed by atoms with Crippen LogP contribution in [0, 0.1) is 0 Å². The quantitative estimate of drug-likeness (QED) is 0.471. The second kappa shape index (κ2) is 12.1. The highest BCUT2D eigenvalue weighted by molar-refractivity contribution is 7.89. The van der Waals surface area contributed by atoms with Crippen molar-refractivity contribution in [2.45, 2.75) is 63.0 Å². The Bertz CT molecular complexity index is 1190. The molecule has 0 spiro atoms. The summed E-state index contributed by atoms with van der Waals surface area (Å²) in [5.74, 6) is 0.331. The lowest BCUT2D eigenvalue weighted by molar-refractivity contribution is 0.0176. The maximum atomic E-state index is 13.9. The summed E-state index contributed by atoms with van der Waals surface area (Å²) in [5, 5.41) is 3.35. The van der Waals surface area contributed by atoms with Crippen LogP contribution >= 0.6 is 11.6 Å². The number of benzene rings is 1. The van der Waals surface area contributed by atoms with Crippen LogP contribution in [0.2, 0.25) is 5.15 Å². The third kappa shape index (κ3) is 7.56. The Morgan fingerprint density at radius 3 is 2.37 bits per heavy atom. The Balaban J connectivity index is 1.47. The van der Waals surface area contributed by atoms with Gasteiger partial charge in [0, 0.05) is 44.1 Å². The van der Waals surface area contributed by atoms with E-state index in [1.54, 1.807) is 45.7 Å². The van der Waals surface area contributed by atoms with E-state index in [-0.39, 0.29) is 17.0 Å². The molecule has 3 heterocycles. The average Bonchev–Trinajstić information content (AvgIpc) is 3.37.